The van der Waals surface area contributed by atoms with Crippen molar-refractivity contribution in [2.24, 2.45) is 0 Å². The first-order chi connectivity index (χ1) is 15.3. The summed E-state index contributed by atoms with van der Waals surface area (Å²) in [5.41, 5.74) is 1.89. The number of amides is 2. The number of alkyl halides is 6. The number of nitrogen functional groups attached to an aromatic ring is 1. The Morgan fingerprint density at radius 3 is 1.50 bits per heavy atom. The van der Waals surface area contributed by atoms with Gasteiger partial charge in [-0.1, -0.05) is 0 Å². The van der Waals surface area contributed by atoms with Crippen LogP contribution in [0.1, 0.15) is 31.8 Å². The van der Waals surface area contributed by atoms with Crippen molar-refractivity contribution in [1.29, 1.82) is 0 Å². The minimum absolute atomic E-state index is 0.0719. The van der Waals surface area contributed by atoms with Gasteiger partial charge in [0.2, 0.25) is 0 Å². The molecule has 0 aliphatic rings. The zero-order chi connectivity index (χ0) is 26.6. The van der Waals surface area contributed by atoms with Crippen LogP contribution in [0.3, 0.4) is 0 Å². The third-order valence-electron chi connectivity index (χ3n) is 4.04. The molecule has 0 aliphatic heterocycles. The van der Waals surface area contributed by atoms with Crippen molar-refractivity contribution in [3.8, 4) is 0 Å². The van der Waals surface area contributed by atoms with Crippen LogP contribution < -0.4 is 5.73 Å². The molecular weight excluding hydrogens is 474 g/mol. The van der Waals surface area contributed by atoms with Crippen LogP contribution >= 0.6 is 0 Å². The van der Waals surface area contributed by atoms with Gasteiger partial charge in [-0.2, -0.15) is 26.3 Å². The van der Waals surface area contributed by atoms with Gasteiger partial charge in [-0.25, -0.2) is 0 Å². The zero-order valence-electron chi connectivity index (χ0n) is 18.3. The Hall–Kier alpha value is -3.84. The van der Waals surface area contributed by atoms with E-state index < -0.39 is 45.9 Å². The van der Waals surface area contributed by atoms with Crippen molar-refractivity contribution in [2.75, 3.05) is 33.9 Å². The van der Waals surface area contributed by atoms with Gasteiger partial charge in [-0.15, -0.1) is 0 Å². The maximum Gasteiger partial charge on any atom is 0.416 e. The second-order valence-electron chi connectivity index (χ2n) is 7.26. The van der Waals surface area contributed by atoms with Crippen LogP contribution in [0.2, 0.25) is 0 Å². The molecule has 0 aliphatic carbocycles. The van der Waals surface area contributed by atoms with Crippen LogP contribution in [0, 0.1) is 10.1 Å². The maximum absolute atomic E-state index is 12.5. The first kappa shape index (κ1) is 28.2. The van der Waals surface area contributed by atoms with E-state index in [4.69, 9.17) is 5.73 Å². The lowest BCUT2D eigenvalue weighted by molar-refractivity contribution is -0.385. The average Bonchev–Trinajstić information content (AvgIpc) is 2.70. The van der Waals surface area contributed by atoms with Gasteiger partial charge in [0.25, 0.3) is 17.5 Å². The molecule has 0 atom stereocenters. The molecule has 2 rings (SSSR count). The van der Waals surface area contributed by atoms with Crippen molar-refractivity contribution in [2.45, 2.75) is 12.4 Å². The number of halogens is 6. The minimum atomic E-state index is -4.74. The van der Waals surface area contributed by atoms with Gasteiger partial charge in [0.1, 0.15) is 0 Å². The Bertz CT molecular complexity index is 1080. The van der Waals surface area contributed by atoms with Crippen molar-refractivity contribution in [1.82, 2.24) is 9.80 Å². The Labute approximate surface area is 189 Å². The van der Waals surface area contributed by atoms with Gasteiger partial charge in [0.05, 0.1) is 16.1 Å². The molecule has 2 aromatic carbocycles. The van der Waals surface area contributed by atoms with Gasteiger partial charge in [-0.05, 0) is 24.3 Å². The van der Waals surface area contributed by atoms with Crippen molar-refractivity contribution in [3.63, 3.8) is 0 Å². The molecule has 0 fully saturated rings. The number of nitrogens with two attached hydrogens (primary N) is 1. The summed E-state index contributed by atoms with van der Waals surface area (Å²) >= 11 is 0. The highest BCUT2D eigenvalue weighted by Gasteiger charge is 2.34. The van der Waals surface area contributed by atoms with Gasteiger partial charge < -0.3 is 15.5 Å². The topological polar surface area (TPSA) is 110 Å². The Balaban J connectivity index is 0.000000342. The third kappa shape index (κ3) is 7.64. The molecule has 0 radical (unpaired) electrons. The van der Waals surface area contributed by atoms with E-state index in [2.05, 4.69) is 0 Å². The van der Waals surface area contributed by atoms with E-state index in [1.165, 1.54) is 39.2 Å². The Morgan fingerprint density at radius 2 is 1.15 bits per heavy atom. The molecule has 2 amide bonds. The highest BCUT2D eigenvalue weighted by atomic mass is 19.4. The molecular formula is C20H20F6N4O4. The summed E-state index contributed by atoms with van der Waals surface area (Å²) in [4.78, 5) is 34.8. The molecule has 8 nitrogen and oxygen atoms in total. The number of hydrogen-bond donors (Lipinski definition) is 1. The van der Waals surface area contributed by atoms with Crippen LogP contribution in [0.4, 0.5) is 37.7 Å². The normalized spacial score (nSPS) is 11.2. The number of anilines is 1. The fraction of sp³-hybridized carbons (Fsp3) is 0.300. The molecule has 0 heterocycles. The first-order valence-corrected chi connectivity index (χ1v) is 9.12. The number of carbonyl (C=O) groups excluding carboxylic acids is 2. The highest BCUT2D eigenvalue weighted by molar-refractivity contribution is 5.95. The van der Waals surface area contributed by atoms with Gasteiger partial charge in [-0.3, -0.25) is 19.7 Å². The number of nitro benzene ring substituents is 1. The van der Waals surface area contributed by atoms with E-state index in [1.807, 2.05) is 0 Å². The zero-order valence-corrected chi connectivity index (χ0v) is 18.3. The quantitative estimate of drug-likeness (QED) is 0.296. The van der Waals surface area contributed by atoms with E-state index in [0.717, 1.165) is 23.1 Å². The number of nitrogens with zero attached hydrogens (tertiary/aromatic N) is 3. The predicted molar refractivity (Wildman–Crippen MR) is 110 cm³/mol. The molecule has 0 unspecified atom stereocenters. The maximum atomic E-state index is 12.5. The van der Waals surface area contributed by atoms with E-state index in [9.17, 15) is 46.0 Å². The summed E-state index contributed by atoms with van der Waals surface area (Å²) in [7, 11) is 5.60. The molecule has 2 N–H and O–H groups in total. The summed E-state index contributed by atoms with van der Waals surface area (Å²) in [5.74, 6) is -1.25. The number of benzene rings is 2. The summed E-state index contributed by atoms with van der Waals surface area (Å²) in [6.45, 7) is 0. The SMILES string of the molecule is CN(C)C(=O)c1cc(N)cc(C(F)(F)F)c1.CN(C)C(=O)c1cc([N+](=O)[O-])cc(C(F)(F)F)c1. The molecule has 2 aromatic rings. The fourth-order valence-corrected chi connectivity index (χ4v) is 2.46. The van der Waals surface area contributed by atoms with Gasteiger partial charge in [0.15, 0.2) is 0 Å². The van der Waals surface area contributed by atoms with Crippen molar-refractivity contribution < 1.29 is 40.9 Å². The monoisotopic (exact) mass is 494 g/mol. The van der Waals surface area contributed by atoms with E-state index in [-0.39, 0.29) is 16.8 Å². The van der Waals surface area contributed by atoms with E-state index >= 15 is 0 Å². The van der Waals surface area contributed by atoms with Crippen LogP contribution in [0.25, 0.3) is 0 Å². The van der Waals surface area contributed by atoms with Crippen molar-refractivity contribution >= 4 is 23.2 Å². The molecule has 0 aromatic heterocycles. The standard InChI is InChI=1S/C10H9F3N2O3.C10H11F3N2O/c1-14(2)9(16)6-3-7(10(11,12)13)5-8(4-6)15(17)18;1-15(2)9(16)6-3-7(10(11,12)13)5-8(14)4-6/h3-5H,1-2H3;3-5H,14H2,1-2H3. The number of carbonyl (C=O) groups is 2. The first-order valence-electron chi connectivity index (χ1n) is 9.12. The molecule has 0 saturated carbocycles. The van der Waals surface area contributed by atoms with Crippen LogP contribution in [-0.2, 0) is 12.4 Å². The molecule has 0 saturated heterocycles. The average molecular weight is 494 g/mol. The second-order valence-corrected chi connectivity index (χ2v) is 7.26. The van der Waals surface area contributed by atoms with Crippen LogP contribution in [-0.4, -0.2) is 54.7 Å². The third-order valence-corrected chi connectivity index (χ3v) is 4.04. The van der Waals surface area contributed by atoms with E-state index in [0.29, 0.717) is 12.1 Å². The number of nitro groups is 1. The Kier molecular flexibility index (Phi) is 8.62. The second kappa shape index (κ2) is 10.4. The molecule has 186 valence electrons. The summed E-state index contributed by atoms with van der Waals surface area (Å²) < 4.78 is 74.9. The van der Waals surface area contributed by atoms with Crippen molar-refractivity contribution in [3.05, 3.63) is 68.8 Å². The lowest BCUT2D eigenvalue weighted by Crippen LogP contribution is -2.22. The summed E-state index contributed by atoms with van der Waals surface area (Å²) in [6.07, 6.45) is -9.25. The highest BCUT2D eigenvalue weighted by Crippen LogP contribution is 2.33. The van der Waals surface area contributed by atoms with Gasteiger partial charge >= 0.3 is 12.4 Å². The smallest absolute Gasteiger partial charge is 0.399 e. The molecule has 34 heavy (non-hydrogen) atoms. The number of hydrogen-bond acceptors (Lipinski definition) is 5. The number of rotatable bonds is 3. The lowest BCUT2D eigenvalue weighted by atomic mass is 10.1. The summed E-state index contributed by atoms with van der Waals surface area (Å²) in [5, 5.41) is 10.5. The summed E-state index contributed by atoms with van der Waals surface area (Å²) in [6, 6.07) is 4.61. The van der Waals surface area contributed by atoms with Gasteiger partial charge in [0, 0.05) is 57.1 Å². The van der Waals surface area contributed by atoms with E-state index in [1.54, 1.807) is 0 Å². The largest absolute Gasteiger partial charge is 0.416 e. The molecule has 0 bridgehead atoms. The lowest BCUT2D eigenvalue weighted by Gasteiger charge is -2.13. The predicted octanol–water partition coefficient (Wildman–Crippen LogP) is 4.30. The minimum Gasteiger partial charge on any atom is -0.399 e. The molecule has 14 heteroatoms. The van der Waals surface area contributed by atoms with Crippen LogP contribution in [0.15, 0.2) is 36.4 Å². The molecule has 0 spiro atoms. The number of non-ortho nitro benzene ring substituents is 1. The van der Waals surface area contributed by atoms with Crippen LogP contribution in [0.5, 0.6) is 0 Å². The fourth-order valence-electron chi connectivity index (χ4n) is 2.46. The Morgan fingerprint density at radius 1 is 0.765 bits per heavy atom.